The first kappa shape index (κ1) is 31.2. The summed E-state index contributed by atoms with van der Waals surface area (Å²) in [4.78, 5) is 17.9. The molecule has 0 atom stereocenters. The number of furan rings is 1. The van der Waals surface area contributed by atoms with Crippen molar-refractivity contribution in [2.45, 2.75) is 50.9 Å². The second kappa shape index (κ2) is 14.1. The van der Waals surface area contributed by atoms with Gasteiger partial charge in [0.25, 0.3) is 5.91 Å². The SMILES string of the molecule is N#Cc1ccc(CN2CCC(NC(=O)c3cc4cc(OC5CCN(Cc6cnn(-c7ccc(C#N)cc7)c6)CC5)ccc4o3)CC2)cc1. The molecule has 0 unspecified atom stereocenters. The van der Waals surface area contributed by atoms with Crippen LogP contribution in [0.4, 0.5) is 0 Å². The molecule has 0 saturated carbocycles. The Labute approximate surface area is 279 Å². The fourth-order valence-electron chi connectivity index (χ4n) is 6.55. The summed E-state index contributed by atoms with van der Waals surface area (Å²) in [6, 6.07) is 27.1. The summed E-state index contributed by atoms with van der Waals surface area (Å²) in [5.74, 6) is 0.916. The van der Waals surface area contributed by atoms with Crippen LogP contribution in [0.25, 0.3) is 16.7 Å². The molecule has 0 radical (unpaired) electrons. The Balaban J connectivity index is 0.865. The monoisotopic (exact) mass is 639 g/mol. The van der Waals surface area contributed by atoms with E-state index in [2.05, 4.69) is 32.4 Å². The van der Waals surface area contributed by atoms with E-state index in [4.69, 9.17) is 19.7 Å². The maximum Gasteiger partial charge on any atom is 0.287 e. The zero-order chi connectivity index (χ0) is 32.9. The molecule has 3 aromatic carbocycles. The van der Waals surface area contributed by atoms with E-state index in [1.54, 1.807) is 18.2 Å². The average molecular weight is 640 g/mol. The van der Waals surface area contributed by atoms with E-state index >= 15 is 0 Å². The number of nitriles is 2. The Kier molecular flexibility index (Phi) is 9.19. The minimum absolute atomic E-state index is 0.103. The summed E-state index contributed by atoms with van der Waals surface area (Å²) in [6.07, 6.45) is 7.67. The van der Waals surface area contributed by atoms with Gasteiger partial charge in [-0.05, 0) is 91.9 Å². The predicted octanol–water partition coefficient (Wildman–Crippen LogP) is 5.80. The summed E-state index contributed by atoms with van der Waals surface area (Å²) in [6.45, 7) is 5.32. The van der Waals surface area contributed by atoms with Gasteiger partial charge in [0.05, 0.1) is 35.1 Å². The van der Waals surface area contributed by atoms with Crippen LogP contribution in [-0.2, 0) is 13.1 Å². The van der Waals surface area contributed by atoms with Gasteiger partial charge in [0.15, 0.2) is 5.76 Å². The van der Waals surface area contributed by atoms with Gasteiger partial charge in [-0.25, -0.2) is 4.68 Å². The number of hydrogen-bond donors (Lipinski definition) is 1. The van der Waals surface area contributed by atoms with Crippen molar-refractivity contribution in [3.05, 3.63) is 113 Å². The molecule has 4 heterocycles. The van der Waals surface area contributed by atoms with E-state index in [0.29, 0.717) is 22.5 Å². The lowest BCUT2D eigenvalue weighted by atomic mass is 10.0. The average Bonchev–Trinajstić information content (AvgIpc) is 3.78. The molecular formula is C38H37N7O3. The van der Waals surface area contributed by atoms with Gasteiger partial charge in [0.1, 0.15) is 17.4 Å². The van der Waals surface area contributed by atoms with Crippen molar-refractivity contribution >= 4 is 16.9 Å². The van der Waals surface area contributed by atoms with Crippen LogP contribution in [0.1, 0.15) is 58.5 Å². The lowest BCUT2D eigenvalue weighted by molar-refractivity contribution is 0.0883. The largest absolute Gasteiger partial charge is 0.490 e. The third-order valence-electron chi connectivity index (χ3n) is 9.26. The number of fused-ring (bicyclic) bond motifs is 1. The number of hydrogen-bond acceptors (Lipinski definition) is 8. The molecule has 48 heavy (non-hydrogen) atoms. The summed E-state index contributed by atoms with van der Waals surface area (Å²) < 4.78 is 14.1. The number of benzene rings is 3. The van der Waals surface area contributed by atoms with Crippen molar-refractivity contribution in [3.8, 4) is 23.6 Å². The minimum atomic E-state index is -0.186. The number of rotatable bonds is 9. The van der Waals surface area contributed by atoms with Crippen LogP contribution in [0, 0.1) is 22.7 Å². The number of carbonyl (C=O) groups excluding carboxylic acids is 1. The Bertz CT molecular complexity index is 1950. The molecule has 242 valence electrons. The molecule has 1 amide bonds. The van der Waals surface area contributed by atoms with E-state index in [9.17, 15) is 4.79 Å². The maximum atomic E-state index is 13.1. The van der Waals surface area contributed by atoms with Gasteiger partial charge >= 0.3 is 0 Å². The van der Waals surface area contributed by atoms with Crippen LogP contribution >= 0.6 is 0 Å². The second-order valence-corrected chi connectivity index (χ2v) is 12.7. The zero-order valence-electron chi connectivity index (χ0n) is 26.7. The van der Waals surface area contributed by atoms with Crippen molar-refractivity contribution < 1.29 is 13.9 Å². The van der Waals surface area contributed by atoms with E-state index in [-0.39, 0.29) is 18.1 Å². The van der Waals surface area contributed by atoms with Gasteiger partial charge in [-0.2, -0.15) is 15.6 Å². The molecular weight excluding hydrogens is 602 g/mol. The standard InChI is InChI=1S/C38H37N7O3/c39-21-27-1-3-29(4-2-27)24-43-15-11-32(12-16-43)42-38(46)37-20-31-19-35(9-10-36(31)48-37)47-34-13-17-44(18-14-34)25-30-23-41-45(26-30)33-7-5-28(22-40)6-8-33/h1-10,19-20,23,26,32,34H,11-18,24-25H2,(H,42,46). The van der Waals surface area contributed by atoms with Gasteiger partial charge in [0, 0.05) is 62.5 Å². The number of aromatic nitrogens is 2. The van der Waals surface area contributed by atoms with Crippen LogP contribution in [0.15, 0.2) is 89.6 Å². The first-order valence-corrected chi connectivity index (χ1v) is 16.5. The third-order valence-corrected chi connectivity index (χ3v) is 9.26. The summed E-state index contributed by atoms with van der Waals surface area (Å²) in [5, 5.41) is 26.6. The number of piperidine rings is 2. The third kappa shape index (κ3) is 7.42. The van der Waals surface area contributed by atoms with E-state index < -0.39 is 0 Å². The Morgan fingerprint density at radius 3 is 2.17 bits per heavy atom. The Morgan fingerprint density at radius 2 is 1.48 bits per heavy atom. The zero-order valence-corrected chi connectivity index (χ0v) is 26.7. The van der Waals surface area contributed by atoms with Crippen molar-refractivity contribution in [2.24, 2.45) is 0 Å². The number of amides is 1. The topological polar surface area (TPSA) is 123 Å². The molecule has 2 aliphatic heterocycles. The van der Waals surface area contributed by atoms with Gasteiger partial charge in [-0.15, -0.1) is 0 Å². The first-order valence-electron chi connectivity index (χ1n) is 16.5. The number of nitrogens with zero attached hydrogens (tertiary/aromatic N) is 6. The van der Waals surface area contributed by atoms with Crippen molar-refractivity contribution in [3.63, 3.8) is 0 Å². The van der Waals surface area contributed by atoms with Crippen LogP contribution in [0.5, 0.6) is 5.75 Å². The molecule has 10 heteroatoms. The van der Waals surface area contributed by atoms with Crippen LogP contribution in [-0.4, -0.2) is 63.8 Å². The number of ether oxygens (including phenoxy) is 1. The predicted molar refractivity (Wildman–Crippen MR) is 180 cm³/mol. The fraction of sp³-hybridized carbons (Fsp3) is 0.316. The Morgan fingerprint density at radius 1 is 0.833 bits per heavy atom. The minimum Gasteiger partial charge on any atom is -0.490 e. The summed E-state index contributed by atoms with van der Waals surface area (Å²) in [5.41, 5.74) is 5.24. The van der Waals surface area contributed by atoms with Gasteiger partial charge < -0.3 is 14.5 Å². The highest BCUT2D eigenvalue weighted by molar-refractivity contribution is 5.96. The molecule has 2 aromatic heterocycles. The van der Waals surface area contributed by atoms with Crippen LogP contribution < -0.4 is 10.1 Å². The highest BCUT2D eigenvalue weighted by Crippen LogP contribution is 2.27. The first-order chi connectivity index (χ1) is 23.5. The van der Waals surface area contributed by atoms with Crippen molar-refractivity contribution in [1.82, 2.24) is 24.9 Å². The molecule has 1 N–H and O–H groups in total. The number of carbonyl (C=O) groups is 1. The van der Waals surface area contributed by atoms with Crippen molar-refractivity contribution in [1.29, 1.82) is 10.5 Å². The molecule has 0 spiro atoms. The molecule has 10 nitrogen and oxygen atoms in total. The molecule has 2 saturated heterocycles. The maximum absolute atomic E-state index is 13.1. The van der Waals surface area contributed by atoms with Gasteiger partial charge in [0.2, 0.25) is 0 Å². The molecule has 7 rings (SSSR count). The lowest BCUT2D eigenvalue weighted by Crippen LogP contribution is -2.44. The van der Waals surface area contributed by atoms with E-state index in [0.717, 1.165) is 87.3 Å². The van der Waals surface area contributed by atoms with E-state index in [1.807, 2.05) is 71.7 Å². The summed E-state index contributed by atoms with van der Waals surface area (Å²) >= 11 is 0. The van der Waals surface area contributed by atoms with Crippen LogP contribution in [0.2, 0.25) is 0 Å². The molecule has 2 fully saturated rings. The molecule has 2 aliphatic rings. The highest BCUT2D eigenvalue weighted by Gasteiger charge is 2.24. The quantitative estimate of drug-likeness (QED) is 0.215. The molecule has 0 aliphatic carbocycles. The lowest BCUT2D eigenvalue weighted by Gasteiger charge is -2.32. The van der Waals surface area contributed by atoms with E-state index in [1.165, 1.54) is 5.56 Å². The van der Waals surface area contributed by atoms with Crippen LogP contribution in [0.3, 0.4) is 0 Å². The highest BCUT2D eigenvalue weighted by atomic mass is 16.5. The fourth-order valence-corrected chi connectivity index (χ4v) is 6.55. The van der Waals surface area contributed by atoms with Crippen molar-refractivity contribution in [2.75, 3.05) is 26.2 Å². The normalized spacial score (nSPS) is 16.4. The second-order valence-electron chi connectivity index (χ2n) is 12.7. The number of likely N-dealkylation sites (tertiary alicyclic amines) is 2. The molecule has 0 bridgehead atoms. The summed E-state index contributed by atoms with van der Waals surface area (Å²) in [7, 11) is 0. The molecule has 5 aromatic rings. The van der Waals surface area contributed by atoms with Gasteiger partial charge in [-0.3, -0.25) is 14.6 Å². The smallest absolute Gasteiger partial charge is 0.287 e. The Hall–Kier alpha value is -5.42. The van der Waals surface area contributed by atoms with Gasteiger partial charge in [-0.1, -0.05) is 12.1 Å². The number of nitrogens with one attached hydrogen (secondary N) is 1.